The number of benzene rings is 1. The van der Waals surface area contributed by atoms with E-state index in [1.807, 2.05) is 37.3 Å². The van der Waals surface area contributed by atoms with Gasteiger partial charge in [0.05, 0.1) is 7.11 Å². The first kappa shape index (κ1) is 14.8. The number of hydrogen-bond acceptors (Lipinski definition) is 5. The van der Waals surface area contributed by atoms with Gasteiger partial charge in [-0.05, 0) is 42.3 Å². The van der Waals surface area contributed by atoms with E-state index >= 15 is 0 Å². The third-order valence-corrected chi connectivity index (χ3v) is 3.05. The fraction of sp³-hybridized carbons (Fsp3) is 0.250. The van der Waals surface area contributed by atoms with Gasteiger partial charge in [-0.2, -0.15) is 5.26 Å². The zero-order valence-corrected chi connectivity index (χ0v) is 12.0. The molecule has 21 heavy (non-hydrogen) atoms. The lowest BCUT2D eigenvalue weighted by Crippen LogP contribution is -2.06. The van der Waals surface area contributed by atoms with E-state index in [1.165, 1.54) is 0 Å². The molecule has 0 fully saturated rings. The maximum atomic E-state index is 8.83. The van der Waals surface area contributed by atoms with Crippen LogP contribution >= 0.6 is 0 Å². The van der Waals surface area contributed by atoms with Gasteiger partial charge in [-0.25, -0.2) is 4.98 Å². The minimum Gasteiger partial charge on any atom is -0.493 e. The van der Waals surface area contributed by atoms with Crippen molar-refractivity contribution in [1.29, 1.82) is 5.26 Å². The lowest BCUT2D eigenvalue weighted by atomic mass is 10.1. The maximum absolute atomic E-state index is 8.83. The van der Waals surface area contributed by atoms with E-state index in [-0.39, 0.29) is 6.04 Å². The summed E-state index contributed by atoms with van der Waals surface area (Å²) in [4.78, 5) is 3.92. The Morgan fingerprint density at radius 3 is 2.76 bits per heavy atom. The van der Waals surface area contributed by atoms with Crippen molar-refractivity contribution in [2.24, 2.45) is 5.73 Å². The van der Waals surface area contributed by atoms with Crippen molar-refractivity contribution in [3.63, 3.8) is 0 Å². The second-order valence-corrected chi connectivity index (χ2v) is 4.65. The molecule has 2 rings (SSSR count). The first-order chi connectivity index (χ1) is 10.1. The minimum atomic E-state index is -0.0636. The van der Waals surface area contributed by atoms with Crippen molar-refractivity contribution >= 4 is 0 Å². The molecule has 0 aliphatic heterocycles. The Labute approximate surface area is 123 Å². The number of pyridine rings is 1. The molecule has 0 bridgehead atoms. The van der Waals surface area contributed by atoms with Crippen LogP contribution in [-0.2, 0) is 6.61 Å². The predicted molar refractivity (Wildman–Crippen MR) is 78.9 cm³/mol. The maximum Gasteiger partial charge on any atom is 0.161 e. The Morgan fingerprint density at radius 2 is 2.10 bits per heavy atom. The van der Waals surface area contributed by atoms with Gasteiger partial charge in [0.2, 0.25) is 0 Å². The summed E-state index contributed by atoms with van der Waals surface area (Å²) in [6.07, 6.45) is 1.59. The van der Waals surface area contributed by atoms with Crippen molar-refractivity contribution in [1.82, 2.24) is 4.98 Å². The molecular formula is C16H17N3O2. The Balaban J connectivity index is 2.14. The molecule has 5 nitrogen and oxygen atoms in total. The van der Waals surface area contributed by atoms with Crippen LogP contribution < -0.4 is 15.2 Å². The van der Waals surface area contributed by atoms with Crippen molar-refractivity contribution < 1.29 is 9.47 Å². The smallest absolute Gasteiger partial charge is 0.161 e. The third-order valence-electron chi connectivity index (χ3n) is 3.05. The molecule has 0 spiro atoms. The van der Waals surface area contributed by atoms with E-state index in [4.69, 9.17) is 20.5 Å². The number of aromatic nitrogens is 1. The number of hydrogen-bond donors (Lipinski definition) is 1. The summed E-state index contributed by atoms with van der Waals surface area (Å²) in [5, 5.41) is 8.83. The highest BCUT2D eigenvalue weighted by molar-refractivity contribution is 5.43. The molecule has 1 heterocycles. The van der Waals surface area contributed by atoms with Crippen LogP contribution in [0.1, 0.15) is 29.8 Å². The normalized spacial score (nSPS) is 11.5. The van der Waals surface area contributed by atoms with E-state index in [2.05, 4.69) is 4.98 Å². The molecule has 0 saturated carbocycles. The van der Waals surface area contributed by atoms with E-state index in [0.717, 1.165) is 11.1 Å². The van der Waals surface area contributed by atoms with Crippen molar-refractivity contribution in [3.8, 4) is 17.6 Å². The molecule has 5 heteroatoms. The summed E-state index contributed by atoms with van der Waals surface area (Å²) >= 11 is 0. The summed E-state index contributed by atoms with van der Waals surface area (Å²) in [6, 6.07) is 11.1. The van der Waals surface area contributed by atoms with Crippen LogP contribution in [0.25, 0.3) is 0 Å². The Bertz CT molecular complexity index is 663. The number of nitriles is 1. The minimum absolute atomic E-state index is 0.0636. The molecule has 0 saturated heterocycles. The topological polar surface area (TPSA) is 81.2 Å². The van der Waals surface area contributed by atoms with Crippen LogP contribution in [0.4, 0.5) is 0 Å². The molecule has 2 aromatic rings. The number of nitrogens with zero attached hydrogens (tertiary/aromatic N) is 2. The van der Waals surface area contributed by atoms with Gasteiger partial charge in [0.15, 0.2) is 11.5 Å². The summed E-state index contributed by atoms with van der Waals surface area (Å²) in [5.74, 6) is 1.27. The summed E-state index contributed by atoms with van der Waals surface area (Å²) in [7, 11) is 1.59. The first-order valence-electron chi connectivity index (χ1n) is 6.55. The van der Waals surface area contributed by atoms with Crippen molar-refractivity contribution in [2.45, 2.75) is 19.6 Å². The van der Waals surface area contributed by atoms with E-state index < -0.39 is 0 Å². The standard InChI is InChI=1S/C16H17N3O2/c1-11(18)13-3-4-15(16(8-13)20-2)21-10-12-5-6-19-14(7-12)9-17/h3-8,11H,10,18H2,1-2H3/t11-/m1/s1. The van der Waals surface area contributed by atoms with Gasteiger partial charge < -0.3 is 15.2 Å². The average molecular weight is 283 g/mol. The van der Waals surface area contributed by atoms with Crippen molar-refractivity contribution in [2.75, 3.05) is 7.11 Å². The lowest BCUT2D eigenvalue weighted by Gasteiger charge is -2.13. The van der Waals surface area contributed by atoms with Gasteiger partial charge in [-0.3, -0.25) is 0 Å². The highest BCUT2D eigenvalue weighted by Crippen LogP contribution is 2.30. The molecule has 0 aliphatic rings. The molecule has 1 aromatic heterocycles. The predicted octanol–water partition coefficient (Wildman–Crippen LogP) is 2.56. The largest absolute Gasteiger partial charge is 0.493 e. The quantitative estimate of drug-likeness (QED) is 0.912. The van der Waals surface area contributed by atoms with Gasteiger partial charge in [0.25, 0.3) is 0 Å². The summed E-state index contributed by atoms with van der Waals surface area (Å²) < 4.78 is 11.1. The SMILES string of the molecule is COc1cc([C@@H](C)N)ccc1OCc1ccnc(C#N)c1. The van der Waals surface area contributed by atoms with Crippen LogP contribution in [0.3, 0.4) is 0 Å². The fourth-order valence-electron chi connectivity index (χ4n) is 1.87. The highest BCUT2D eigenvalue weighted by atomic mass is 16.5. The van der Waals surface area contributed by atoms with E-state index in [9.17, 15) is 0 Å². The number of rotatable bonds is 5. The molecule has 2 N–H and O–H groups in total. The molecule has 1 aromatic carbocycles. The van der Waals surface area contributed by atoms with E-state index in [1.54, 1.807) is 19.4 Å². The molecule has 0 aliphatic carbocycles. The number of methoxy groups -OCH3 is 1. The highest BCUT2D eigenvalue weighted by Gasteiger charge is 2.08. The fourth-order valence-corrected chi connectivity index (χ4v) is 1.87. The second kappa shape index (κ2) is 6.73. The number of nitrogens with two attached hydrogens (primary N) is 1. The Morgan fingerprint density at radius 1 is 1.29 bits per heavy atom. The lowest BCUT2D eigenvalue weighted by molar-refractivity contribution is 0.284. The summed E-state index contributed by atoms with van der Waals surface area (Å²) in [6.45, 7) is 2.25. The third kappa shape index (κ3) is 3.71. The first-order valence-corrected chi connectivity index (χ1v) is 6.55. The Kier molecular flexibility index (Phi) is 4.75. The van der Waals surface area contributed by atoms with Gasteiger partial charge in [-0.15, -0.1) is 0 Å². The molecule has 1 atom stereocenters. The second-order valence-electron chi connectivity index (χ2n) is 4.65. The monoisotopic (exact) mass is 283 g/mol. The number of ether oxygens (including phenoxy) is 2. The zero-order chi connectivity index (χ0) is 15.2. The molecule has 0 radical (unpaired) electrons. The van der Waals surface area contributed by atoms with Crippen LogP contribution in [0.5, 0.6) is 11.5 Å². The van der Waals surface area contributed by atoms with Gasteiger partial charge in [0, 0.05) is 12.2 Å². The summed E-state index contributed by atoms with van der Waals surface area (Å²) in [5.41, 5.74) is 8.08. The van der Waals surface area contributed by atoms with Crippen molar-refractivity contribution in [3.05, 3.63) is 53.3 Å². The van der Waals surface area contributed by atoms with E-state index in [0.29, 0.717) is 23.8 Å². The Hall–Kier alpha value is -2.58. The van der Waals surface area contributed by atoms with Crippen LogP contribution in [-0.4, -0.2) is 12.1 Å². The zero-order valence-electron chi connectivity index (χ0n) is 12.0. The van der Waals surface area contributed by atoms with Gasteiger partial charge in [0.1, 0.15) is 18.4 Å². The van der Waals surface area contributed by atoms with Gasteiger partial charge >= 0.3 is 0 Å². The molecular weight excluding hydrogens is 266 g/mol. The average Bonchev–Trinajstić information content (AvgIpc) is 2.52. The molecule has 0 amide bonds. The van der Waals surface area contributed by atoms with Crippen LogP contribution in [0, 0.1) is 11.3 Å². The van der Waals surface area contributed by atoms with Crippen LogP contribution in [0.2, 0.25) is 0 Å². The van der Waals surface area contributed by atoms with Crippen LogP contribution in [0.15, 0.2) is 36.5 Å². The molecule has 0 unspecified atom stereocenters. The molecule has 108 valence electrons. The van der Waals surface area contributed by atoms with Gasteiger partial charge in [-0.1, -0.05) is 6.07 Å².